The van der Waals surface area contributed by atoms with Gasteiger partial charge in [-0.1, -0.05) is 0 Å². The molecule has 1 aliphatic rings. The molecule has 14 heavy (non-hydrogen) atoms. The van der Waals surface area contributed by atoms with Gasteiger partial charge in [0, 0.05) is 98.3 Å². The van der Waals surface area contributed by atoms with Crippen molar-refractivity contribution < 1.29 is 21.9 Å². The van der Waals surface area contributed by atoms with E-state index in [9.17, 15) is 0 Å². The zero-order chi connectivity index (χ0) is 7.07. The number of hydrogen-bond donors (Lipinski definition) is 0. The molecular weight excluding hydrogens is 385 g/mol. The molecule has 1 saturated heterocycles. The molecule has 0 radical (unpaired) electrons. The minimum Gasteiger partial charge on any atom is -0.412 e. The molecule has 0 spiro atoms. The van der Waals surface area contributed by atoms with Crippen molar-refractivity contribution in [2.24, 2.45) is 0 Å². The Balaban J connectivity index is -0.000000125. The largest absolute Gasteiger partial charge is 0.412 e. The fourth-order valence-electron chi connectivity index (χ4n) is 0.113. The Hall–Kier alpha value is 3.34. The normalized spacial score (nSPS) is 17.1. The molecule has 0 aromatic heterocycles. The summed E-state index contributed by atoms with van der Waals surface area (Å²) in [5.74, 6) is 0. The monoisotopic (exact) mass is 392 g/mol. The third-order valence-corrected chi connectivity index (χ3v) is 22.5. The van der Waals surface area contributed by atoms with E-state index < -0.39 is 0 Å². The maximum Gasteiger partial charge on any atom is 0 e. The van der Waals surface area contributed by atoms with E-state index in [1.807, 2.05) is 98.3 Å². The summed E-state index contributed by atoms with van der Waals surface area (Å²) in [6.07, 6.45) is 0. The van der Waals surface area contributed by atoms with Gasteiger partial charge in [-0.15, -0.1) is 0 Å². The van der Waals surface area contributed by atoms with Gasteiger partial charge in [-0.3, -0.25) is 0 Å². The van der Waals surface area contributed by atoms with Crippen LogP contribution in [-0.2, 0) is 0 Å². The minimum atomic E-state index is 0. The predicted molar refractivity (Wildman–Crippen MR) is 90.4 cm³/mol. The first kappa shape index (κ1) is 26.0. The van der Waals surface area contributed by atoms with E-state index in [4.69, 9.17) is 0 Å². The molecular formula is H8O4S10. The second-order valence-electron chi connectivity index (χ2n) is 0.680. The van der Waals surface area contributed by atoms with Gasteiger partial charge in [0.05, 0.1) is 0 Å². The maximum atomic E-state index is 1.83. The van der Waals surface area contributed by atoms with Crippen LogP contribution in [0.25, 0.3) is 0 Å². The first-order chi connectivity index (χ1) is 5.00. The van der Waals surface area contributed by atoms with E-state index in [2.05, 4.69) is 0 Å². The van der Waals surface area contributed by atoms with Crippen LogP contribution in [0.4, 0.5) is 0 Å². The molecule has 1 aliphatic heterocycles. The summed E-state index contributed by atoms with van der Waals surface area (Å²) in [5, 5.41) is 0. The van der Waals surface area contributed by atoms with Crippen molar-refractivity contribution in [1.82, 2.24) is 0 Å². The molecule has 0 aromatic carbocycles. The molecule has 0 saturated carbocycles. The molecule has 0 unspecified atom stereocenters. The third kappa shape index (κ3) is 17.7. The van der Waals surface area contributed by atoms with E-state index in [-0.39, 0.29) is 21.9 Å². The average molecular weight is 393 g/mol. The van der Waals surface area contributed by atoms with Crippen molar-refractivity contribution in [2.45, 2.75) is 0 Å². The van der Waals surface area contributed by atoms with Gasteiger partial charge in [0.15, 0.2) is 0 Å². The van der Waals surface area contributed by atoms with E-state index in [1.165, 1.54) is 0 Å². The van der Waals surface area contributed by atoms with Crippen molar-refractivity contribution in [2.75, 3.05) is 0 Å². The van der Waals surface area contributed by atoms with Gasteiger partial charge in [-0.25, -0.2) is 0 Å². The Morgan fingerprint density at radius 2 is 0.286 bits per heavy atom. The highest BCUT2D eigenvalue weighted by Crippen LogP contribution is 2.66. The maximum absolute atomic E-state index is 1.83. The van der Waals surface area contributed by atoms with Crippen molar-refractivity contribution in [3.63, 3.8) is 0 Å². The Bertz CT molecular complexity index is 45.3. The zero-order valence-corrected chi connectivity index (χ0v) is 14.2. The van der Waals surface area contributed by atoms with Gasteiger partial charge in [0.1, 0.15) is 0 Å². The first-order valence-electron chi connectivity index (χ1n) is 1.67. The summed E-state index contributed by atoms with van der Waals surface area (Å²) in [6, 6.07) is 0. The summed E-state index contributed by atoms with van der Waals surface area (Å²) in [4.78, 5) is 0. The molecule has 0 amide bonds. The predicted octanol–water partition coefficient (Wildman–Crippen LogP) is 3.18. The van der Waals surface area contributed by atoms with Gasteiger partial charge in [-0.2, -0.15) is 0 Å². The molecule has 4 nitrogen and oxygen atoms in total. The molecule has 0 bridgehead atoms. The molecule has 8 N–H and O–H groups in total. The van der Waals surface area contributed by atoms with E-state index >= 15 is 0 Å². The van der Waals surface area contributed by atoms with Crippen molar-refractivity contribution >= 4 is 98.3 Å². The van der Waals surface area contributed by atoms with Crippen LogP contribution in [0.5, 0.6) is 0 Å². The minimum absolute atomic E-state index is 0. The second kappa shape index (κ2) is 21.6. The third-order valence-electron chi connectivity index (χ3n) is 0.278. The summed E-state index contributed by atoms with van der Waals surface area (Å²) in [7, 11) is 18.3. The van der Waals surface area contributed by atoms with Gasteiger partial charge in [0.2, 0.25) is 0 Å². The van der Waals surface area contributed by atoms with Gasteiger partial charge >= 0.3 is 0 Å². The lowest BCUT2D eigenvalue weighted by molar-refractivity contribution is 0.823. The molecule has 92 valence electrons. The van der Waals surface area contributed by atoms with Gasteiger partial charge < -0.3 is 21.9 Å². The van der Waals surface area contributed by atoms with Crippen LogP contribution < -0.4 is 0 Å². The summed E-state index contributed by atoms with van der Waals surface area (Å²) in [6.45, 7) is 0. The SMILES string of the molecule is O.O.O.O.S1SSSSSSSSS1. The Morgan fingerprint density at radius 1 is 0.214 bits per heavy atom. The summed E-state index contributed by atoms with van der Waals surface area (Å²) in [5.41, 5.74) is 0. The first-order valence-corrected chi connectivity index (χ1v) is 15.0. The van der Waals surface area contributed by atoms with Crippen LogP contribution >= 0.6 is 98.3 Å². The van der Waals surface area contributed by atoms with Crippen LogP contribution in [0.15, 0.2) is 0 Å². The van der Waals surface area contributed by atoms with Crippen LogP contribution in [0.2, 0.25) is 0 Å². The van der Waals surface area contributed by atoms with E-state index in [0.717, 1.165) is 0 Å². The molecule has 0 aliphatic carbocycles. The smallest absolute Gasteiger partial charge is 0 e. The highest BCUT2D eigenvalue weighted by molar-refractivity contribution is 9.60. The lowest BCUT2D eigenvalue weighted by Crippen LogP contribution is -1.35. The topological polar surface area (TPSA) is 126 Å². The van der Waals surface area contributed by atoms with Crippen molar-refractivity contribution in [1.29, 1.82) is 0 Å². The highest BCUT2D eigenvalue weighted by atomic mass is 34.1. The molecule has 1 rings (SSSR count). The van der Waals surface area contributed by atoms with Crippen LogP contribution in [0.3, 0.4) is 0 Å². The fourth-order valence-corrected chi connectivity index (χ4v) is 27.6. The Morgan fingerprint density at radius 3 is 0.357 bits per heavy atom. The van der Waals surface area contributed by atoms with E-state index in [0.29, 0.717) is 0 Å². The van der Waals surface area contributed by atoms with Crippen molar-refractivity contribution in [3.05, 3.63) is 0 Å². The lowest BCUT2D eigenvalue weighted by atomic mass is 16.0. The molecule has 1 heterocycles. The van der Waals surface area contributed by atoms with Crippen LogP contribution in [0.1, 0.15) is 0 Å². The number of hydrogen-bond acceptors (Lipinski definition) is 10. The number of rotatable bonds is 0. The molecule has 0 atom stereocenters. The Labute approximate surface area is 119 Å². The van der Waals surface area contributed by atoms with Crippen LogP contribution in [-0.4, -0.2) is 21.9 Å². The molecule has 1 fully saturated rings. The van der Waals surface area contributed by atoms with Gasteiger partial charge in [-0.05, 0) is 0 Å². The summed E-state index contributed by atoms with van der Waals surface area (Å²) < 4.78 is 0. The highest BCUT2D eigenvalue weighted by Gasteiger charge is 2.01. The standard InChI is InChI=1S/4H2O.S10/c;;;;1-2-4-6-8-10-9-7-5-3-1/h4*1H2;. The molecule has 0 aromatic rings. The van der Waals surface area contributed by atoms with Crippen molar-refractivity contribution in [3.8, 4) is 0 Å². The lowest BCUT2D eigenvalue weighted by Gasteiger charge is -2.00. The quantitative estimate of drug-likeness (QED) is 0.567. The zero-order valence-electron chi connectivity index (χ0n) is 6.08. The second-order valence-corrected chi connectivity index (χ2v) is 18.4. The van der Waals surface area contributed by atoms with Crippen LogP contribution in [0, 0.1) is 0 Å². The molecule has 14 heteroatoms. The van der Waals surface area contributed by atoms with E-state index in [1.54, 1.807) is 0 Å². The summed E-state index contributed by atoms with van der Waals surface area (Å²) >= 11 is 0. The van der Waals surface area contributed by atoms with Gasteiger partial charge in [0.25, 0.3) is 0 Å². The Kier molecular flexibility index (Phi) is 40.2. The fraction of sp³-hybridized carbons (Fsp3) is 0. The average Bonchev–Trinajstić information content (AvgIpc) is 2.01.